The summed E-state index contributed by atoms with van der Waals surface area (Å²) in [4.78, 5) is 20.0. The number of fused-ring (bicyclic) bond motifs is 3. The fourth-order valence-electron chi connectivity index (χ4n) is 3.52. The van der Waals surface area contributed by atoms with E-state index in [2.05, 4.69) is 32.4 Å². The van der Waals surface area contributed by atoms with Crippen LogP contribution in [0, 0.1) is 5.92 Å². The minimum absolute atomic E-state index is 0.0563. The van der Waals surface area contributed by atoms with Gasteiger partial charge in [-0.05, 0) is 31.6 Å². The maximum absolute atomic E-state index is 12.7. The quantitative estimate of drug-likeness (QED) is 0.777. The number of carbonyl (C=O) groups is 1. The van der Waals surface area contributed by atoms with E-state index in [1.54, 1.807) is 23.1 Å². The van der Waals surface area contributed by atoms with Crippen LogP contribution in [-0.4, -0.2) is 36.5 Å². The zero-order chi connectivity index (χ0) is 15.8. The Morgan fingerprint density at radius 3 is 3.00 bits per heavy atom. The van der Waals surface area contributed by atoms with Crippen molar-refractivity contribution in [2.24, 2.45) is 5.92 Å². The van der Waals surface area contributed by atoms with Crippen molar-refractivity contribution in [1.82, 2.24) is 29.9 Å². The summed E-state index contributed by atoms with van der Waals surface area (Å²) < 4.78 is 1.79. The number of hydrogen-bond acceptors (Lipinski definition) is 4. The van der Waals surface area contributed by atoms with Gasteiger partial charge in [-0.1, -0.05) is 13.3 Å². The summed E-state index contributed by atoms with van der Waals surface area (Å²) in [5, 5.41) is 11.1. The zero-order valence-corrected chi connectivity index (χ0v) is 13.1. The molecule has 120 valence electrons. The van der Waals surface area contributed by atoms with E-state index in [9.17, 15) is 4.79 Å². The van der Waals surface area contributed by atoms with Gasteiger partial charge in [-0.3, -0.25) is 9.20 Å². The largest absolute Gasteiger partial charge is 0.349 e. The molecule has 1 saturated carbocycles. The Hall–Kier alpha value is -2.44. The Labute approximate surface area is 133 Å². The number of hydrogen-bond donors (Lipinski definition) is 2. The molecule has 2 N–H and O–H groups in total. The smallest absolute Gasteiger partial charge is 0.255 e. The molecular weight excluding hydrogens is 292 g/mol. The molecule has 7 nitrogen and oxygen atoms in total. The van der Waals surface area contributed by atoms with Gasteiger partial charge < -0.3 is 10.3 Å². The Morgan fingerprint density at radius 1 is 1.39 bits per heavy atom. The van der Waals surface area contributed by atoms with Crippen LogP contribution < -0.4 is 5.32 Å². The Bertz CT molecular complexity index is 843. The van der Waals surface area contributed by atoms with Gasteiger partial charge in [0.1, 0.15) is 11.8 Å². The van der Waals surface area contributed by atoms with E-state index in [4.69, 9.17) is 0 Å². The molecule has 3 aromatic rings. The summed E-state index contributed by atoms with van der Waals surface area (Å²) in [5.41, 5.74) is 2.62. The number of rotatable bonds is 3. The topological polar surface area (TPSA) is 88.0 Å². The number of nitrogens with one attached hydrogen (secondary N) is 2. The summed E-state index contributed by atoms with van der Waals surface area (Å²) >= 11 is 0. The maximum atomic E-state index is 12.7. The number of nitrogens with zero attached hydrogens (tertiary/aromatic N) is 4. The van der Waals surface area contributed by atoms with Crippen LogP contribution in [0.4, 0.5) is 0 Å². The second kappa shape index (κ2) is 5.64. The van der Waals surface area contributed by atoms with Crippen molar-refractivity contribution in [2.75, 3.05) is 0 Å². The molecule has 0 unspecified atom stereocenters. The number of aromatic nitrogens is 5. The molecule has 0 aliphatic heterocycles. The van der Waals surface area contributed by atoms with Crippen LogP contribution in [0.15, 0.2) is 18.7 Å². The van der Waals surface area contributed by atoms with Crippen molar-refractivity contribution in [3.8, 4) is 0 Å². The van der Waals surface area contributed by atoms with Gasteiger partial charge in [-0.15, -0.1) is 10.2 Å². The summed E-state index contributed by atoms with van der Waals surface area (Å²) in [6.07, 6.45) is 10.7. The molecule has 0 aromatic carbocycles. The van der Waals surface area contributed by atoms with Gasteiger partial charge in [-0.25, -0.2) is 4.98 Å². The van der Waals surface area contributed by atoms with Crippen LogP contribution in [0.2, 0.25) is 0 Å². The summed E-state index contributed by atoms with van der Waals surface area (Å²) in [7, 11) is 0. The molecule has 3 aromatic heterocycles. The summed E-state index contributed by atoms with van der Waals surface area (Å²) in [6.45, 7) is 2.24. The highest BCUT2D eigenvalue weighted by Crippen LogP contribution is 2.27. The molecule has 23 heavy (non-hydrogen) atoms. The lowest BCUT2D eigenvalue weighted by atomic mass is 9.84. The van der Waals surface area contributed by atoms with Crippen LogP contribution >= 0.6 is 0 Å². The lowest BCUT2D eigenvalue weighted by molar-refractivity contribution is 0.0923. The van der Waals surface area contributed by atoms with Gasteiger partial charge in [0, 0.05) is 12.2 Å². The fourth-order valence-corrected chi connectivity index (χ4v) is 3.52. The number of carbonyl (C=O) groups excluding carboxylic acids is 1. The van der Waals surface area contributed by atoms with E-state index in [-0.39, 0.29) is 11.9 Å². The van der Waals surface area contributed by atoms with Gasteiger partial charge in [0.15, 0.2) is 11.3 Å². The molecule has 0 bridgehead atoms. The van der Waals surface area contributed by atoms with Crippen LogP contribution in [0.25, 0.3) is 16.8 Å². The number of aromatic amines is 1. The first-order chi connectivity index (χ1) is 11.3. The maximum Gasteiger partial charge on any atom is 0.255 e. The van der Waals surface area contributed by atoms with E-state index in [1.165, 1.54) is 19.3 Å². The highest BCUT2D eigenvalue weighted by molar-refractivity contribution is 6.05. The molecule has 0 saturated heterocycles. The Morgan fingerprint density at radius 2 is 2.22 bits per heavy atom. The monoisotopic (exact) mass is 312 g/mol. The Kier molecular flexibility index (Phi) is 3.48. The van der Waals surface area contributed by atoms with E-state index in [0.717, 1.165) is 24.3 Å². The normalized spacial score (nSPS) is 21.8. The SMILES string of the molecule is CC[C@H]1CC[C@H](NC(=O)c2c[nH]c3ncc4nncn4c23)CC1. The molecule has 0 spiro atoms. The predicted octanol–water partition coefficient (Wildman–Crippen LogP) is 2.30. The molecule has 4 rings (SSSR count). The zero-order valence-electron chi connectivity index (χ0n) is 13.1. The highest BCUT2D eigenvalue weighted by Gasteiger charge is 2.23. The molecule has 7 heteroatoms. The van der Waals surface area contributed by atoms with Gasteiger partial charge in [0.05, 0.1) is 11.8 Å². The van der Waals surface area contributed by atoms with E-state index in [1.807, 2.05) is 0 Å². The molecule has 0 radical (unpaired) electrons. The van der Waals surface area contributed by atoms with Crippen molar-refractivity contribution >= 4 is 22.7 Å². The first-order valence-corrected chi connectivity index (χ1v) is 8.23. The lowest BCUT2D eigenvalue weighted by Crippen LogP contribution is -2.37. The van der Waals surface area contributed by atoms with Crippen molar-refractivity contribution < 1.29 is 4.79 Å². The molecule has 3 heterocycles. The molecular formula is C16H20N6O. The van der Waals surface area contributed by atoms with Crippen molar-refractivity contribution in [2.45, 2.75) is 45.1 Å². The standard InChI is InChI=1S/C16H20N6O/c1-2-10-3-5-11(6-4-10)20-16(23)12-7-17-15-14(12)22-9-19-21-13(22)8-18-15/h7-11,17H,2-6H2,1H3,(H,20,23)/t10-,11-. The summed E-state index contributed by atoms with van der Waals surface area (Å²) in [5.74, 6) is 0.760. The van der Waals surface area contributed by atoms with Crippen molar-refractivity contribution in [3.63, 3.8) is 0 Å². The third kappa shape index (κ3) is 2.46. The summed E-state index contributed by atoms with van der Waals surface area (Å²) in [6, 6.07) is 0.267. The third-order valence-electron chi connectivity index (χ3n) is 4.96. The number of H-pyrrole nitrogens is 1. The minimum atomic E-state index is -0.0563. The second-order valence-corrected chi connectivity index (χ2v) is 6.32. The van der Waals surface area contributed by atoms with Gasteiger partial charge >= 0.3 is 0 Å². The lowest BCUT2D eigenvalue weighted by Gasteiger charge is -2.28. The van der Waals surface area contributed by atoms with Crippen molar-refractivity contribution in [1.29, 1.82) is 0 Å². The van der Waals surface area contributed by atoms with Crippen LogP contribution in [-0.2, 0) is 0 Å². The molecule has 0 atom stereocenters. The van der Waals surface area contributed by atoms with Crippen LogP contribution in [0.1, 0.15) is 49.4 Å². The van der Waals surface area contributed by atoms with Crippen molar-refractivity contribution in [3.05, 3.63) is 24.3 Å². The van der Waals surface area contributed by atoms with Gasteiger partial charge in [0.2, 0.25) is 0 Å². The fraction of sp³-hybridized carbons (Fsp3) is 0.500. The minimum Gasteiger partial charge on any atom is -0.349 e. The van der Waals surface area contributed by atoms with E-state index < -0.39 is 0 Å². The second-order valence-electron chi connectivity index (χ2n) is 6.32. The van der Waals surface area contributed by atoms with Gasteiger partial charge in [-0.2, -0.15) is 0 Å². The first kappa shape index (κ1) is 14.2. The first-order valence-electron chi connectivity index (χ1n) is 8.23. The van der Waals surface area contributed by atoms with E-state index in [0.29, 0.717) is 16.9 Å². The average molecular weight is 312 g/mol. The Balaban J connectivity index is 1.59. The van der Waals surface area contributed by atoms with Crippen LogP contribution in [0.3, 0.4) is 0 Å². The van der Waals surface area contributed by atoms with Gasteiger partial charge in [0.25, 0.3) is 5.91 Å². The van der Waals surface area contributed by atoms with E-state index >= 15 is 0 Å². The van der Waals surface area contributed by atoms with Crippen LogP contribution in [0.5, 0.6) is 0 Å². The number of amides is 1. The predicted molar refractivity (Wildman–Crippen MR) is 86.1 cm³/mol. The average Bonchev–Trinajstić information content (AvgIpc) is 3.21. The molecule has 1 aliphatic rings. The third-order valence-corrected chi connectivity index (χ3v) is 4.96. The molecule has 1 aliphatic carbocycles. The molecule has 1 fully saturated rings. The molecule has 1 amide bonds. The highest BCUT2D eigenvalue weighted by atomic mass is 16.1.